The van der Waals surface area contributed by atoms with Gasteiger partial charge in [0.25, 0.3) is 17.4 Å². The number of thioether (sulfide) groups is 1. The first-order valence-electron chi connectivity index (χ1n) is 21.6. The Balaban J connectivity index is 0.000000216. The molecule has 8 rings (SSSR count). The molecule has 4 amide bonds. The Hall–Kier alpha value is -5.02. The van der Waals surface area contributed by atoms with E-state index in [9.17, 15) is 32.8 Å². The minimum Gasteiger partial charge on any atom is -0.412 e. The van der Waals surface area contributed by atoms with Crippen molar-refractivity contribution >= 4 is 97.9 Å². The summed E-state index contributed by atoms with van der Waals surface area (Å²) in [6, 6.07) is 15.4. The van der Waals surface area contributed by atoms with Crippen LogP contribution in [0.4, 0.5) is 20.2 Å². The summed E-state index contributed by atoms with van der Waals surface area (Å²) in [4.78, 5) is 83.8. The van der Waals surface area contributed by atoms with Gasteiger partial charge in [0.15, 0.2) is 0 Å². The molecule has 0 bridgehead atoms. The summed E-state index contributed by atoms with van der Waals surface area (Å²) in [5.74, 6) is -2.69. The number of thiophene rings is 1. The van der Waals surface area contributed by atoms with E-state index >= 15 is 0 Å². The van der Waals surface area contributed by atoms with Crippen LogP contribution in [0.25, 0.3) is 10.2 Å². The van der Waals surface area contributed by atoms with Crippen molar-refractivity contribution in [1.82, 2.24) is 34.5 Å². The van der Waals surface area contributed by atoms with Gasteiger partial charge < -0.3 is 40.2 Å². The van der Waals surface area contributed by atoms with Crippen LogP contribution in [0.3, 0.4) is 0 Å². The van der Waals surface area contributed by atoms with Crippen LogP contribution in [0.2, 0.25) is 10.0 Å². The molecule has 0 atom stereocenters. The largest absolute Gasteiger partial charge is 0.412 e. The van der Waals surface area contributed by atoms with Crippen LogP contribution in [0, 0.1) is 6.92 Å². The molecule has 4 aromatic rings. The van der Waals surface area contributed by atoms with E-state index in [4.69, 9.17) is 23.2 Å². The number of alkyl halides is 2. The van der Waals surface area contributed by atoms with Gasteiger partial charge in [-0.25, -0.2) is 13.8 Å². The minimum absolute atomic E-state index is 0. The summed E-state index contributed by atoms with van der Waals surface area (Å²) in [5.41, 5.74) is 2.48. The molecule has 2 aromatic heterocycles. The number of benzene rings is 2. The highest BCUT2D eigenvalue weighted by Gasteiger charge is 2.40. The number of aliphatic imine (C=N–C) groups is 1. The molecule has 16 nitrogen and oxygen atoms in total. The maximum absolute atomic E-state index is 13.2. The topological polar surface area (TPSA) is 179 Å². The molecule has 4 aliphatic rings. The first-order valence-corrected chi connectivity index (χ1v) is 24.3. The second-order valence-corrected chi connectivity index (χ2v) is 19.1. The second kappa shape index (κ2) is 23.1. The fraction of sp³-hybridized carbons (Fsp3) is 0.477. The third kappa shape index (κ3) is 12.9. The summed E-state index contributed by atoms with van der Waals surface area (Å²) in [6.45, 7) is 8.18. The molecule has 3 N–H and O–H groups in total. The van der Waals surface area contributed by atoms with Crippen LogP contribution in [0.5, 0.6) is 0 Å². The molecule has 4 fully saturated rings. The molecular weight excluding hydrogens is 938 g/mol. The van der Waals surface area contributed by atoms with E-state index in [0.29, 0.717) is 75.8 Å². The van der Waals surface area contributed by atoms with Crippen molar-refractivity contribution in [3.05, 3.63) is 85.7 Å². The van der Waals surface area contributed by atoms with Crippen molar-refractivity contribution in [2.75, 3.05) is 107 Å². The highest BCUT2D eigenvalue weighted by atomic mass is 35.5. The highest BCUT2D eigenvalue weighted by molar-refractivity contribution is 7.99. The van der Waals surface area contributed by atoms with E-state index in [1.54, 1.807) is 16.7 Å². The summed E-state index contributed by atoms with van der Waals surface area (Å²) < 4.78 is 27.6. The quantitative estimate of drug-likeness (QED) is 0.0930. The fourth-order valence-electron chi connectivity index (χ4n) is 8.12. The number of hydrogen-bond donors (Lipinski definition) is 1. The molecule has 2 aromatic carbocycles. The SMILES string of the molecule is Cc1c(C(=O)N2CCCC2)sc2ncn(CC(=O)N3CCN(c4cccc(Cl)c4)CC3)c(=O)c12.O.O=C(CN=CNCSCC(=O)N1CCC(F)(F)C1)N1CCN(c2cccc(Cl)c2)CC1. The van der Waals surface area contributed by atoms with E-state index in [1.165, 1.54) is 45.2 Å². The number of fused-ring (bicyclic) bond motifs is 1. The molecule has 0 saturated carbocycles. The molecule has 0 unspecified atom stereocenters. The maximum atomic E-state index is 13.2. The smallest absolute Gasteiger partial charge is 0.267 e. The zero-order valence-corrected chi connectivity index (χ0v) is 39.7. The van der Waals surface area contributed by atoms with Crippen molar-refractivity contribution < 1.29 is 33.4 Å². The fourth-order valence-corrected chi connectivity index (χ4v) is 10.2. The van der Waals surface area contributed by atoms with Gasteiger partial charge >= 0.3 is 0 Å². The van der Waals surface area contributed by atoms with E-state index in [1.807, 2.05) is 53.4 Å². The lowest BCUT2D eigenvalue weighted by Gasteiger charge is -2.36. The number of likely N-dealkylation sites (tertiary alicyclic amines) is 2. The first kappa shape index (κ1) is 50.4. The lowest BCUT2D eigenvalue weighted by atomic mass is 10.2. The molecule has 22 heteroatoms. The molecule has 356 valence electrons. The third-order valence-electron chi connectivity index (χ3n) is 11.8. The minimum atomic E-state index is -2.76. The zero-order valence-electron chi connectivity index (χ0n) is 36.6. The summed E-state index contributed by atoms with van der Waals surface area (Å²) in [6.07, 6.45) is 4.62. The Morgan fingerprint density at radius 3 is 1.97 bits per heavy atom. The van der Waals surface area contributed by atoms with Crippen LogP contribution < -0.4 is 20.7 Å². The standard InChI is InChI=1S/C24H26ClN5O3S.C20H26ClF2N5O2S.H2O/c1-16-20-22(34-21(16)24(33)29-7-2-3-8-29)26-15-30(23(20)32)14-19(31)28-11-9-27(10-12-28)18-6-4-5-17(25)13-18;21-16-2-1-3-17(10-16)26-6-8-27(9-7-26)18(29)11-24-14-25-15-31-12-19(30)28-5-4-20(22,23)13-28;/h4-6,13,15H,2-3,7-12,14H2,1H3;1-3,10,14H,4-9,11-13,15H2,(H,24,25);1H2. The maximum Gasteiger partial charge on any atom is 0.267 e. The van der Waals surface area contributed by atoms with Crippen molar-refractivity contribution in [3.63, 3.8) is 0 Å². The average Bonchev–Trinajstić information content (AvgIpc) is 4.06. The normalized spacial score (nSPS) is 17.2. The van der Waals surface area contributed by atoms with Gasteiger partial charge in [0.1, 0.15) is 17.9 Å². The van der Waals surface area contributed by atoms with Gasteiger partial charge in [-0.05, 0) is 61.7 Å². The van der Waals surface area contributed by atoms with Gasteiger partial charge in [-0.15, -0.1) is 23.1 Å². The molecule has 4 aliphatic heterocycles. The number of anilines is 2. The molecule has 0 radical (unpaired) electrons. The Bertz CT molecular complexity index is 2440. The van der Waals surface area contributed by atoms with Crippen LogP contribution >= 0.6 is 46.3 Å². The first-order chi connectivity index (χ1) is 31.3. The molecule has 0 aliphatic carbocycles. The van der Waals surface area contributed by atoms with Gasteiger partial charge in [0, 0.05) is 99.8 Å². The predicted molar refractivity (Wildman–Crippen MR) is 258 cm³/mol. The van der Waals surface area contributed by atoms with Gasteiger partial charge in [0.05, 0.1) is 41.1 Å². The summed E-state index contributed by atoms with van der Waals surface area (Å²) in [5, 5.41) is 4.72. The van der Waals surface area contributed by atoms with E-state index < -0.39 is 12.5 Å². The number of nitrogens with one attached hydrogen (secondary N) is 1. The van der Waals surface area contributed by atoms with Crippen molar-refractivity contribution in [2.24, 2.45) is 4.99 Å². The predicted octanol–water partition coefficient (Wildman–Crippen LogP) is 4.34. The zero-order chi connectivity index (χ0) is 46.1. The van der Waals surface area contributed by atoms with Gasteiger partial charge in [-0.1, -0.05) is 35.3 Å². The van der Waals surface area contributed by atoms with E-state index in [2.05, 4.69) is 25.1 Å². The van der Waals surface area contributed by atoms with Crippen molar-refractivity contribution in [1.29, 1.82) is 0 Å². The number of carbonyl (C=O) groups is 4. The molecule has 66 heavy (non-hydrogen) atoms. The number of rotatable bonds is 12. The lowest BCUT2D eigenvalue weighted by Crippen LogP contribution is -2.50. The Labute approximate surface area is 399 Å². The average molecular weight is 992 g/mol. The van der Waals surface area contributed by atoms with Crippen LogP contribution in [0.15, 0.2) is 64.6 Å². The van der Waals surface area contributed by atoms with E-state index in [-0.39, 0.29) is 66.5 Å². The second-order valence-electron chi connectivity index (χ2n) is 16.2. The summed E-state index contributed by atoms with van der Waals surface area (Å²) in [7, 11) is 0. The van der Waals surface area contributed by atoms with E-state index in [0.717, 1.165) is 50.4 Å². The summed E-state index contributed by atoms with van der Waals surface area (Å²) >= 11 is 14.7. The monoisotopic (exact) mass is 990 g/mol. The molecule has 6 heterocycles. The number of aryl methyl sites for hydroxylation is 1. The number of nitrogens with zero attached hydrogens (tertiary/aromatic N) is 9. The number of halogens is 4. The lowest BCUT2D eigenvalue weighted by molar-refractivity contribution is -0.132. The number of carbonyl (C=O) groups excluding carboxylic acids is 4. The number of aromatic nitrogens is 2. The number of amides is 4. The highest BCUT2D eigenvalue weighted by Crippen LogP contribution is 2.30. The van der Waals surface area contributed by atoms with Gasteiger partial charge in [0.2, 0.25) is 17.7 Å². The van der Waals surface area contributed by atoms with Crippen LogP contribution in [-0.2, 0) is 20.9 Å². The Kier molecular flexibility index (Phi) is 17.7. The van der Waals surface area contributed by atoms with Crippen molar-refractivity contribution in [3.8, 4) is 0 Å². The molecule has 4 saturated heterocycles. The van der Waals surface area contributed by atoms with Crippen LogP contribution in [0.1, 0.15) is 34.5 Å². The molecule has 0 spiro atoms. The Morgan fingerprint density at radius 2 is 1.41 bits per heavy atom. The van der Waals surface area contributed by atoms with Gasteiger partial charge in [-0.2, -0.15) is 0 Å². The molecular formula is C44H54Cl2F2N10O6S2. The Morgan fingerprint density at radius 1 is 0.818 bits per heavy atom. The third-order valence-corrected chi connectivity index (χ3v) is 14.2. The van der Waals surface area contributed by atoms with Crippen LogP contribution in [-0.4, -0.2) is 167 Å². The number of piperazine rings is 2. The number of hydrogen-bond acceptors (Lipinski definition) is 11. The van der Waals surface area contributed by atoms with Crippen molar-refractivity contribution in [2.45, 2.75) is 38.7 Å². The van der Waals surface area contributed by atoms with Gasteiger partial charge in [-0.3, -0.25) is 33.5 Å².